The number of nitrogens with one attached hydrogen (secondary N) is 1. The van der Waals surface area contributed by atoms with Crippen molar-refractivity contribution in [2.75, 3.05) is 19.5 Å². The Labute approximate surface area is 134 Å². The summed E-state index contributed by atoms with van der Waals surface area (Å²) < 4.78 is 9.83. The van der Waals surface area contributed by atoms with Crippen LogP contribution in [-0.2, 0) is 9.53 Å². The van der Waals surface area contributed by atoms with Gasteiger partial charge in [-0.2, -0.15) is 0 Å². The zero-order chi connectivity index (χ0) is 16.7. The number of rotatable bonds is 5. The van der Waals surface area contributed by atoms with Gasteiger partial charge in [-0.3, -0.25) is 4.79 Å². The van der Waals surface area contributed by atoms with E-state index in [4.69, 9.17) is 4.74 Å². The summed E-state index contributed by atoms with van der Waals surface area (Å²) in [5.74, 6) is -0.000324. The molecular formula is C18H17NO4. The first-order valence-corrected chi connectivity index (χ1v) is 6.94. The van der Waals surface area contributed by atoms with Gasteiger partial charge in [-0.1, -0.05) is 18.2 Å². The van der Waals surface area contributed by atoms with Gasteiger partial charge in [-0.05, 0) is 36.4 Å². The third-order valence-corrected chi connectivity index (χ3v) is 3.13. The van der Waals surface area contributed by atoms with Crippen molar-refractivity contribution >= 4 is 23.6 Å². The summed E-state index contributed by atoms with van der Waals surface area (Å²) in [5.41, 5.74) is 1.83. The molecule has 0 aromatic heterocycles. The number of carbonyl (C=O) groups excluding carboxylic acids is 2. The van der Waals surface area contributed by atoms with Crippen LogP contribution in [0.2, 0.25) is 0 Å². The van der Waals surface area contributed by atoms with Crippen molar-refractivity contribution < 1.29 is 19.1 Å². The van der Waals surface area contributed by atoms with Crippen LogP contribution in [-0.4, -0.2) is 26.1 Å². The van der Waals surface area contributed by atoms with Crippen LogP contribution in [0, 0.1) is 0 Å². The fraction of sp³-hybridized carbons (Fsp3) is 0.111. The number of carbonyl (C=O) groups is 2. The van der Waals surface area contributed by atoms with Crippen LogP contribution < -0.4 is 10.1 Å². The lowest BCUT2D eigenvalue weighted by molar-refractivity contribution is -0.111. The largest absolute Gasteiger partial charge is 0.496 e. The smallest absolute Gasteiger partial charge is 0.337 e. The van der Waals surface area contributed by atoms with Crippen LogP contribution in [0.3, 0.4) is 0 Å². The molecule has 0 radical (unpaired) electrons. The molecule has 0 atom stereocenters. The van der Waals surface area contributed by atoms with Gasteiger partial charge in [0.15, 0.2) is 0 Å². The number of amides is 1. The fourth-order valence-electron chi connectivity index (χ4n) is 1.96. The second-order valence-corrected chi connectivity index (χ2v) is 4.63. The molecule has 1 N–H and O–H groups in total. The van der Waals surface area contributed by atoms with Crippen molar-refractivity contribution in [3.8, 4) is 5.75 Å². The third-order valence-electron chi connectivity index (χ3n) is 3.13. The fourth-order valence-corrected chi connectivity index (χ4v) is 1.96. The molecule has 0 aliphatic heterocycles. The van der Waals surface area contributed by atoms with E-state index in [-0.39, 0.29) is 5.91 Å². The average Bonchev–Trinajstić information content (AvgIpc) is 2.60. The molecule has 0 aliphatic rings. The third kappa shape index (κ3) is 4.44. The minimum Gasteiger partial charge on any atom is -0.496 e. The van der Waals surface area contributed by atoms with Gasteiger partial charge in [0.05, 0.1) is 19.8 Å². The number of esters is 1. The molecule has 0 fully saturated rings. The maximum Gasteiger partial charge on any atom is 0.337 e. The average molecular weight is 311 g/mol. The van der Waals surface area contributed by atoms with Gasteiger partial charge in [0.25, 0.3) is 0 Å². The number of methoxy groups -OCH3 is 2. The predicted octanol–water partition coefficient (Wildman–Crippen LogP) is 3.13. The highest BCUT2D eigenvalue weighted by molar-refractivity contribution is 6.02. The summed E-state index contributed by atoms with van der Waals surface area (Å²) in [5, 5.41) is 2.72. The number of hydrogen-bond donors (Lipinski definition) is 1. The van der Waals surface area contributed by atoms with E-state index < -0.39 is 5.97 Å². The maximum absolute atomic E-state index is 11.9. The van der Waals surface area contributed by atoms with Crippen LogP contribution >= 0.6 is 0 Å². The van der Waals surface area contributed by atoms with Gasteiger partial charge < -0.3 is 14.8 Å². The topological polar surface area (TPSA) is 64.6 Å². The van der Waals surface area contributed by atoms with Crippen molar-refractivity contribution in [2.45, 2.75) is 0 Å². The molecule has 0 heterocycles. The minimum absolute atomic E-state index is 0.276. The summed E-state index contributed by atoms with van der Waals surface area (Å²) in [6.45, 7) is 0. The molecule has 118 valence electrons. The zero-order valence-corrected chi connectivity index (χ0v) is 12.9. The lowest BCUT2D eigenvalue weighted by atomic mass is 10.2. The van der Waals surface area contributed by atoms with Crippen molar-refractivity contribution in [2.24, 2.45) is 0 Å². The molecule has 0 saturated heterocycles. The Hall–Kier alpha value is -3.08. The highest BCUT2D eigenvalue weighted by Crippen LogP contribution is 2.18. The lowest BCUT2D eigenvalue weighted by Gasteiger charge is -2.05. The van der Waals surface area contributed by atoms with Crippen molar-refractivity contribution in [1.29, 1.82) is 0 Å². The highest BCUT2D eigenvalue weighted by atomic mass is 16.5. The van der Waals surface area contributed by atoms with Gasteiger partial charge >= 0.3 is 5.97 Å². The second-order valence-electron chi connectivity index (χ2n) is 4.63. The highest BCUT2D eigenvalue weighted by Gasteiger charge is 2.05. The second kappa shape index (κ2) is 7.79. The standard InChI is InChI=1S/C18H17NO4/c1-22-16-6-4-3-5-13(16)9-12-17(20)19-15-10-7-14(8-11-15)18(21)23-2/h3-12H,1-2H3,(H,19,20)/b12-9+. The molecule has 0 unspecified atom stereocenters. The first kappa shape index (κ1) is 16.3. The van der Waals surface area contributed by atoms with Crippen LogP contribution in [0.4, 0.5) is 5.69 Å². The predicted molar refractivity (Wildman–Crippen MR) is 88.4 cm³/mol. The Balaban J connectivity index is 2.02. The molecule has 1 amide bonds. The number of anilines is 1. The van der Waals surface area contributed by atoms with E-state index in [9.17, 15) is 9.59 Å². The quantitative estimate of drug-likeness (QED) is 0.680. The van der Waals surface area contributed by atoms with Gasteiger partial charge in [0, 0.05) is 17.3 Å². The molecule has 2 aromatic rings. The van der Waals surface area contributed by atoms with Gasteiger partial charge in [-0.25, -0.2) is 4.79 Å². The number of ether oxygens (including phenoxy) is 2. The van der Waals surface area contributed by atoms with E-state index in [1.54, 1.807) is 37.5 Å². The molecule has 0 bridgehead atoms. The first-order chi connectivity index (χ1) is 11.1. The Morgan fingerprint density at radius 3 is 2.35 bits per heavy atom. The Kier molecular flexibility index (Phi) is 5.52. The molecule has 0 saturated carbocycles. The van der Waals surface area contributed by atoms with Crippen molar-refractivity contribution in [3.05, 3.63) is 65.7 Å². The van der Waals surface area contributed by atoms with E-state index in [0.717, 1.165) is 5.56 Å². The van der Waals surface area contributed by atoms with Crippen molar-refractivity contribution in [3.63, 3.8) is 0 Å². The molecule has 0 spiro atoms. The molecule has 5 heteroatoms. The van der Waals surface area contributed by atoms with Crippen LogP contribution in [0.15, 0.2) is 54.6 Å². The molecule has 2 aromatic carbocycles. The van der Waals surface area contributed by atoms with E-state index in [2.05, 4.69) is 10.1 Å². The SMILES string of the molecule is COC(=O)c1ccc(NC(=O)/C=C/c2ccccc2OC)cc1. The van der Waals surface area contributed by atoms with E-state index in [0.29, 0.717) is 17.0 Å². The lowest BCUT2D eigenvalue weighted by Crippen LogP contribution is -2.08. The first-order valence-electron chi connectivity index (χ1n) is 6.94. The molecule has 5 nitrogen and oxygen atoms in total. The summed E-state index contributed by atoms with van der Waals surface area (Å²) in [4.78, 5) is 23.3. The zero-order valence-electron chi connectivity index (χ0n) is 12.9. The Morgan fingerprint density at radius 1 is 1.00 bits per heavy atom. The summed E-state index contributed by atoms with van der Waals surface area (Å²) in [6, 6.07) is 13.9. The summed E-state index contributed by atoms with van der Waals surface area (Å²) in [7, 11) is 2.90. The van der Waals surface area contributed by atoms with Crippen LogP contribution in [0.25, 0.3) is 6.08 Å². The van der Waals surface area contributed by atoms with Gasteiger partial charge in [0.1, 0.15) is 5.75 Å². The monoisotopic (exact) mass is 311 g/mol. The Morgan fingerprint density at radius 2 is 1.70 bits per heavy atom. The molecular weight excluding hydrogens is 294 g/mol. The number of para-hydroxylation sites is 1. The van der Waals surface area contributed by atoms with Crippen LogP contribution in [0.5, 0.6) is 5.75 Å². The van der Waals surface area contributed by atoms with Gasteiger partial charge in [0.2, 0.25) is 5.91 Å². The number of hydrogen-bond acceptors (Lipinski definition) is 4. The molecule has 2 rings (SSSR count). The van der Waals surface area contributed by atoms with E-state index in [1.165, 1.54) is 13.2 Å². The molecule has 23 heavy (non-hydrogen) atoms. The van der Waals surface area contributed by atoms with Crippen LogP contribution in [0.1, 0.15) is 15.9 Å². The maximum atomic E-state index is 11.9. The summed E-state index contributed by atoms with van der Waals surface area (Å²) in [6.07, 6.45) is 3.10. The summed E-state index contributed by atoms with van der Waals surface area (Å²) >= 11 is 0. The number of benzene rings is 2. The Bertz CT molecular complexity index is 720. The minimum atomic E-state index is -0.418. The molecule has 0 aliphatic carbocycles. The van der Waals surface area contributed by atoms with E-state index >= 15 is 0 Å². The van der Waals surface area contributed by atoms with Gasteiger partial charge in [-0.15, -0.1) is 0 Å². The van der Waals surface area contributed by atoms with E-state index in [1.807, 2.05) is 24.3 Å². The normalized spacial score (nSPS) is 10.3. The van der Waals surface area contributed by atoms with Crippen molar-refractivity contribution in [1.82, 2.24) is 0 Å².